The van der Waals surface area contributed by atoms with E-state index in [0.717, 1.165) is 39.3 Å². The van der Waals surface area contributed by atoms with E-state index in [1.807, 2.05) is 0 Å². The molecule has 0 aromatic rings. The summed E-state index contributed by atoms with van der Waals surface area (Å²) in [7, 11) is 0. The Balaban J connectivity index is 0.953. The highest BCUT2D eigenvalue weighted by Crippen LogP contribution is 2.32. The van der Waals surface area contributed by atoms with E-state index in [-0.39, 0.29) is 74.6 Å². The zero-order chi connectivity index (χ0) is 31.5. The topological polar surface area (TPSA) is 152 Å². The summed E-state index contributed by atoms with van der Waals surface area (Å²) in [6.45, 7) is 11.3. The van der Waals surface area contributed by atoms with Crippen LogP contribution < -0.4 is 0 Å². The lowest BCUT2D eigenvalue weighted by Gasteiger charge is -2.31. The number of epoxide rings is 5. The van der Waals surface area contributed by atoms with Gasteiger partial charge in [0.15, 0.2) is 0 Å². The van der Waals surface area contributed by atoms with Crippen molar-refractivity contribution in [3.8, 4) is 0 Å². The maximum absolute atomic E-state index is 12.6. The van der Waals surface area contributed by atoms with Crippen LogP contribution in [-0.4, -0.2) is 141 Å². The molecule has 5 rings (SSSR count). The molecule has 13 nitrogen and oxygen atoms in total. The quantitative estimate of drug-likeness (QED) is 0.0901. The van der Waals surface area contributed by atoms with Gasteiger partial charge in [0, 0.05) is 12.8 Å². The lowest BCUT2D eigenvalue weighted by Crippen LogP contribution is -2.38. The summed E-state index contributed by atoms with van der Waals surface area (Å²) in [6.07, 6.45) is 3.62. The smallest absolute Gasteiger partial charge is 0.305 e. The highest BCUT2D eigenvalue weighted by atomic mass is 16.6. The number of esters is 2. The molecule has 0 bridgehead atoms. The van der Waals surface area contributed by atoms with Gasteiger partial charge in [-0.25, -0.2) is 0 Å². The van der Waals surface area contributed by atoms with E-state index in [9.17, 15) is 9.59 Å². The summed E-state index contributed by atoms with van der Waals surface area (Å²) >= 11 is 0. The largest absolute Gasteiger partial charge is 0.465 e. The van der Waals surface area contributed by atoms with Gasteiger partial charge < -0.3 is 52.1 Å². The molecule has 0 aromatic carbocycles. The third kappa shape index (κ3) is 13.3. The zero-order valence-electron chi connectivity index (χ0n) is 26.9. The maximum Gasteiger partial charge on any atom is 0.305 e. The molecule has 0 aliphatic carbocycles. The summed E-state index contributed by atoms with van der Waals surface area (Å²) < 4.78 is 61.6. The van der Waals surface area contributed by atoms with Crippen LogP contribution in [0.2, 0.25) is 0 Å². The Morgan fingerprint density at radius 3 is 1.13 bits per heavy atom. The Hall–Kier alpha value is -1.42. The molecule has 5 saturated heterocycles. The van der Waals surface area contributed by atoms with Crippen LogP contribution in [0, 0.1) is 10.8 Å². The highest BCUT2D eigenvalue weighted by Gasteiger charge is 2.40. The SMILES string of the molecule is CCC(COCC1CO1)(COCC1CO1)COC(=O)CCC1OC1CCC(=O)OCC(CC)(COCC1CO1)COCC1CO1. The lowest BCUT2D eigenvalue weighted by molar-refractivity contribution is -0.153. The predicted molar refractivity (Wildman–Crippen MR) is 157 cm³/mol. The fourth-order valence-electron chi connectivity index (χ4n) is 4.97. The van der Waals surface area contributed by atoms with E-state index >= 15 is 0 Å². The molecule has 0 aromatic heterocycles. The lowest BCUT2D eigenvalue weighted by atomic mass is 9.88. The molecule has 6 unspecified atom stereocenters. The Morgan fingerprint density at radius 2 is 0.867 bits per heavy atom. The van der Waals surface area contributed by atoms with Crippen molar-refractivity contribution >= 4 is 11.9 Å². The molecular weight excluding hydrogens is 592 g/mol. The summed E-state index contributed by atoms with van der Waals surface area (Å²) in [5, 5.41) is 0. The second-order valence-corrected chi connectivity index (χ2v) is 13.2. The molecule has 5 fully saturated rings. The first kappa shape index (κ1) is 34.9. The summed E-state index contributed by atoms with van der Waals surface area (Å²) in [5.74, 6) is -0.557. The molecule has 258 valence electrons. The minimum Gasteiger partial charge on any atom is -0.465 e. The van der Waals surface area contributed by atoms with Crippen molar-refractivity contribution in [1.82, 2.24) is 0 Å². The number of rotatable bonds is 28. The highest BCUT2D eigenvalue weighted by molar-refractivity contribution is 5.70. The number of carbonyl (C=O) groups excluding carboxylic acids is 2. The summed E-state index contributed by atoms with van der Waals surface area (Å²) in [4.78, 5) is 25.3. The molecule has 45 heavy (non-hydrogen) atoms. The van der Waals surface area contributed by atoms with Crippen molar-refractivity contribution in [3.63, 3.8) is 0 Å². The molecule has 0 saturated carbocycles. The van der Waals surface area contributed by atoms with E-state index < -0.39 is 10.8 Å². The molecule has 0 amide bonds. The van der Waals surface area contributed by atoms with E-state index in [1.165, 1.54) is 0 Å². The Bertz CT molecular complexity index is 807. The first-order valence-electron chi connectivity index (χ1n) is 16.6. The van der Waals surface area contributed by atoms with Gasteiger partial charge in [0.1, 0.15) is 37.6 Å². The van der Waals surface area contributed by atoms with Gasteiger partial charge in [-0.05, 0) is 25.7 Å². The fraction of sp³-hybridized carbons (Fsp3) is 0.938. The Labute approximate surface area is 266 Å². The molecule has 6 atom stereocenters. The van der Waals surface area contributed by atoms with Crippen LogP contribution in [0.5, 0.6) is 0 Å². The zero-order valence-corrected chi connectivity index (χ0v) is 26.9. The fourth-order valence-corrected chi connectivity index (χ4v) is 4.97. The van der Waals surface area contributed by atoms with Crippen LogP contribution >= 0.6 is 0 Å². The number of hydrogen-bond donors (Lipinski definition) is 0. The van der Waals surface area contributed by atoms with Gasteiger partial charge in [0.05, 0.1) is 102 Å². The Kier molecular flexibility index (Phi) is 13.3. The molecule has 0 radical (unpaired) electrons. The minimum atomic E-state index is -0.427. The first-order chi connectivity index (χ1) is 21.9. The van der Waals surface area contributed by atoms with Crippen molar-refractivity contribution in [2.24, 2.45) is 10.8 Å². The normalized spacial score (nSPS) is 30.2. The first-order valence-corrected chi connectivity index (χ1v) is 16.6. The minimum absolute atomic E-state index is 0.0594. The average Bonchev–Trinajstić information content (AvgIpc) is 3.83. The van der Waals surface area contributed by atoms with Crippen LogP contribution in [0.3, 0.4) is 0 Å². The van der Waals surface area contributed by atoms with Gasteiger partial charge in [-0.2, -0.15) is 0 Å². The van der Waals surface area contributed by atoms with Crippen molar-refractivity contribution in [2.45, 2.75) is 89.0 Å². The van der Waals surface area contributed by atoms with Gasteiger partial charge in [-0.3, -0.25) is 9.59 Å². The van der Waals surface area contributed by atoms with E-state index in [4.69, 9.17) is 52.1 Å². The summed E-state index contributed by atoms with van der Waals surface area (Å²) in [6, 6.07) is 0. The molecule has 5 heterocycles. The number of hydrogen-bond acceptors (Lipinski definition) is 13. The van der Waals surface area contributed by atoms with E-state index in [2.05, 4.69) is 13.8 Å². The van der Waals surface area contributed by atoms with Crippen molar-refractivity contribution in [3.05, 3.63) is 0 Å². The second-order valence-electron chi connectivity index (χ2n) is 13.2. The monoisotopic (exact) mass is 644 g/mol. The van der Waals surface area contributed by atoms with Gasteiger partial charge in [0.2, 0.25) is 0 Å². The van der Waals surface area contributed by atoms with Gasteiger partial charge in [0.25, 0.3) is 0 Å². The molecule has 0 spiro atoms. The van der Waals surface area contributed by atoms with Crippen LogP contribution in [0.4, 0.5) is 0 Å². The predicted octanol–water partition coefficient (Wildman–Crippen LogP) is 1.86. The van der Waals surface area contributed by atoms with Crippen LogP contribution in [0.25, 0.3) is 0 Å². The van der Waals surface area contributed by atoms with Crippen molar-refractivity contribution in [2.75, 3.05) is 92.5 Å². The maximum atomic E-state index is 12.6. The molecular formula is C32H52O13. The standard InChI is InChI=1S/C32H52O13/c1-3-31(17-35-9-23-13-39-23,18-36-10-24-14-40-24)21-43-29(33)7-5-27-28(45-27)6-8-30(34)44-22-32(4-2,19-37-11-25-15-41-25)20-38-12-26-16-42-26/h23-28H,3-22H2,1-2H3. The average molecular weight is 645 g/mol. The number of ether oxygens (including phenoxy) is 11. The van der Waals surface area contributed by atoms with E-state index in [0.29, 0.717) is 65.7 Å². The second kappa shape index (κ2) is 17.1. The third-order valence-corrected chi connectivity index (χ3v) is 8.99. The van der Waals surface area contributed by atoms with Crippen molar-refractivity contribution in [1.29, 1.82) is 0 Å². The molecule has 5 aliphatic heterocycles. The summed E-state index contributed by atoms with van der Waals surface area (Å²) in [5.41, 5.74) is -0.855. The molecule has 5 aliphatic rings. The van der Waals surface area contributed by atoms with Gasteiger partial charge in [-0.1, -0.05) is 13.8 Å². The Morgan fingerprint density at radius 1 is 0.556 bits per heavy atom. The van der Waals surface area contributed by atoms with Gasteiger partial charge in [-0.15, -0.1) is 0 Å². The molecule has 13 heteroatoms. The van der Waals surface area contributed by atoms with Crippen LogP contribution in [0.15, 0.2) is 0 Å². The van der Waals surface area contributed by atoms with Gasteiger partial charge >= 0.3 is 11.9 Å². The van der Waals surface area contributed by atoms with Crippen molar-refractivity contribution < 1.29 is 61.7 Å². The van der Waals surface area contributed by atoms with E-state index in [1.54, 1.807) is 0 Å². The van der Waals surface area contributed by atoms with Crippen LogP contribution in [-0.2, 0) is 61.7 Å². The third-order valence-electron chi connectivity index (χ3n) is 8.99. The van der Waals surface area contributed by atoms with Crippen LogP contribution in [0.1, 0.15) is 52.4 Å². The molecule has 0 N–H and O–H groups in total. The number of carbonyl (C=O) groups is 2.